The number of amides is 1. The molecule has 6 heteroatoms. The molecule has 0 spiro atoms. The van der Waals surface area contributed by atoms with Gasteiger partial charge in [0.05, 0.1) is 12.7 Å². The first-order valence-electron chi connectivity index (χ1n) is 5.43. The average molecular weight is 317 g/mol. The summed E-state index contributed by atoms with van der Waals surface area (Å²) >= 11 is 3.28. The van der Waals surface area contributed by atoms with Gasteiger partial charge in [-0.1, -0.05) is 0 Å². The van der Waals surface area contributed by atoms with Crippen molar-refractivity contribution in [3.05, 3.63) is 28.2 Å². The van der Waals surface area contributed by atoms with E-state index in [1.165, 1.54) is 0 Å². The van der Waals surface area contributed by atoms with Crippen LogP contribution in [0.3, 0.4) is 0 Å². The number of ether oxygens (including phenoxy) is 2. The molecule has 1 unspecified atom stereocenters. The number of hydrogen-bond donors (Lipinski definition) is 2. The number of methoxy groups -OCH3 is 2. The molecular formula is C12H17BrN2O3. The molecule has 18 heavy (non-hydrogen) atoms. The van der Waals surface area contributed by atoms with Crippen molar-refractivity contribution in [2.45, 2.75) is 6.10 Å². The molecule has 100 valence electrons. The van der Waals surface area contributed by atoms with Gasteiger partial charge in [0.15, 0.2) is 0 Å². The number of hydrogen-bond acceptors (Lipinski definition) is 4. The third-order valence-corrected chi connectivity index (χ3v) is 3.13. The highest BCUT2D eigenvalue weighted by molar-refractivity contribution is 9.10. The maximum Gasteiger partial charge on any atom is 0.251 e. The minimum Gasteiger partial charge on any atom is -0.398 e. The van der Waals surface area contributed by atoms with Crippen LogP contribution in [0.15, 0.2) is 22.7 Å². The van der Waals surface area contributed by atoms with Crippen molar-refractivity contribution >= 4 is 27.5 Å². The van der Waals surface area contributed by atoms with Crippen molar-refractivity contribution in [3.63, 3.8) is 0 Å². The topological polar surface area (TPSA) is 73.6 Å². The highest BCUT2D eigenvalue weighted by atomic mass is 79.9. The van der Waals surface area contributed by atoms with Gasteiger partial charge in [0.2, 0.25) is 0 Å². The Balaban J connectivity index is 2.57. The summed E-state index contributed by atoms with van der Waals surface area (Å²) in [5.41, 5.74) is 6.80. The van der Waals surface area contributed by atoms with E-state index >= 15 is 0 Å². The van der Waals surface area contributed by atoms with E-state index in [1.54, 1.807) is 32.4 Å². The summed E-state index contributed by atoms with van der Waals surface area (Å²) in [5, 5.41) is 2.78. The zero-order valence-corrected chi connectivity index (χ0v) is 12.0. The largest absolute Gasteiger partial charge is 0.398 e. The molecule has 0 aromatic heterocycles. The van der Waals surface area contributed by atoms with Gasteiger partial charge in [-0.05, 0) is 34.1 Å². The summed E-state index contributed by atoms with van der Waals surface area (Å²) in [6, 6.07) is 5.04. The summed E-state index contributed by atoms with van der Waals surface area (Å²) in [4.78, 5) is 11.9. The first kappa shape index (κ1) is 14.9. The van der Waals surface area contributed by atoms with E-state index in [-0.39, 0.29) is 12.0 Å². The van der Waals surface area contributed by atoms with Gasteiger partial charge < -0.3 is 20.5 Å². The van der Waals surface area contributed by atoms with Gasteiger partial charge in [-0.3, -0.25) is 4.79 Å². The van der Waals surface area contributed by atoms with Gasteiger partial charge in [0.1, 0.15) is 0 Å². The van der Waals surface area contributed by atoms with E-state index in [1.807, 2.05) is 0 Å². The number of nitrogens with two attached hydrogens (primary N) is 1. The van der Waals surface area contributed by atoms with Crippen LogP contribution < -0.4 is 11.1 Å². The monoisotopic (exact) mass is 316 g/mol. The van der Waals surface area contributed by atoms with Gasteiger partial charge in [0.25, 0.3) is 5.91 Å². The van der Waals surface area contributed by atoms with Crippen molar-refractivity contribution in [3.8, 4) is 0 Å². The Morgan fingerprint density at radius 2 is 2.22 bits per heavy atom. The van der Waals surface area contributed by atoms with Gasteiger partial charge in [-0.15, -0.1) is 0 Å². The molecule has 0 aliphatic carbocycles. The van der Waals surface area contributed by atoms with Crippen molar-refractivity contribution in [2.75, 3.05) is 33.1 Å². The Hall–Kier alpha value is -1.11. The Morgan fingerprint density at radius 3 is 2.78 bits per heavy atom. The SMILES string of the molecule is COCC(CNC(=O)c1ccc(N)c(Br)c1)OC. The second-order valence-corrected chi connectivity index (χ2v) is 4.61. The van der Waals surface area contributed by atoms with Crippen LogP contribution in [0.1, 0.15) is 10.4 Å². The highest BCUT2D eigenvalue weighted by Gasteiger charge is 2.11. The lowest BCUT2D eigenvalue weighted by molar-refractivity contribution is 0.0285. The molecule has 0 radical (unpaired) electrons. The van der Waals surface area contributed by atoms with Gasteiger partial charge >= 0.3 is 0 Å². The summed E-state index contributed by atoms with van der Waals surface area (Å²) < 4.78 is 10.8. The lowest BCUT2D eigenvalue weighted by atomic mass is 10.2. The second kappa shape index (κ2) is 7.35. The zero-order chi connectivity index (χ0) is 13.5. The molecule has 5 nitrogen and oxygen atoms in total. The quantitative estimate of drug-likeness (QED) is 0.778. The van der Waals surface area contributed by atoms with Crippen molar-refractivity contribution in [1.82, 2.24) is 5.32 Å². The second-order valence-electron chi connectivity index (χ2n) is 3.76. The van der Waals surface area contributed by atoms with Crippen LogP contribution in [0.25, 0.3) is 0 Å². The van der Waals surface area contributed by atoms with E-state index in [0.29, 0.717) is 28.9 Å². The zero-order valence-electron chi connectivity index (χ0n) is 10.4. The van der Waals surface area contributed by atoms with Gasteiger partial charge in [0, 0.05) is 36.5 Å². The fourth-order valence-electron chi connectivity index (χ4n) is 1.37. The summed E-state index contributed by atoms with van der Waals surface area (Å²) in [6.45, 7) is 0.827. The standard InChI is InChI=1S/C12H17BrN2O3/c1-17-7-9(18-2)6-15-12(16)8-3-4-11(14)10(13)5-8/h3-5,9H,6-7,14H2,1-2H3,(H,15,16). The van der Waals surface area contributed by atoms with Crippen LogP contribution in [-0.2, 0) is 9.47 Å². The molecule has 0 aliphatic heterocycles. The minimum atomic E-state index is -0.172. The van der Waals surface area contributed by atoms with E-state index < -0.39 is 0 Å². The van der Waals surface area contributed by atoms with Crippen LogP contribution in [0.4, 0.5) is 5.69 Å². The third-order valence-electron chi connectivity index (χ3n) is 2.44. The Morgan fingerprint density at radius 1 is 1.50 bits per heavy atom. The molecule has 0 saturated heterocycles. The molecule has 1 amide bonds. The van der Waals surface area contributed by atoms with Crippen LogP contribution in [0.5, 0.6) is 0 Å². The predicted octanol–water partition coefficient (Wildman–Crippen LogP) is 1.42. The molecule has 0 saturated carbocycles. The predicted molar refractivity (Wildman–Crippen MR) is 73.6 cm³/mol. The van der Waals surface area contributed by atoms with Crippen LogP contribution in [-0.4, -0.2) is 39.4 Å². The molecule has 0 heterocycles. The molecule has 0 fully saturated rings. The number of benzene rings is 1. The lowest BCUT2D eigenvalue weighted by Gasteiger charge is -2.15. The van der Waals surface area contributed by atoms with Crippen molar-refractivity contribution in [2.24, 2.45) is 0 Å². The Labute approximate surface area is 115 Å². The molecule has 1 atom stereocenters. The third kappa shape index (κ3) is 4.29. The fraction of sp³-hybridized carbons (Fsp3) is 0.417. The molecule has 1 aromatic carbocycles. The number of nitrogen functional groups attached to an aromatic ring is 1. The maximum atomic E-state index is 11.9. The van der Waals surface area contributed by atoms with Gasteiger partial charge in [-0.2, -0.15) is 0 Å². The van der Waals surface area contributed by atoms with Crippen LogP contribution in [0, 0.1) is 0 Å². The first-order chi connectivity index (χ1) is 8.58. The van der Waals surface area contributed by atoms with Crippen LogP contribution in [0.2, 0.25) is 0 Å². The number of halogens is 1. The summed E-state index contributed by atoms with van der Waals surface area (Å²) in [6.07, 6.45) is -0.156. The van der Waals surface area contributed by atoms with Crippen LogP contribution >= 0.6 is 15.9 Å². The number of rotatable bonds is 6. The van der Waals surface area contributed by atoms with E-state index in [2.05, 4.69) is 21.2 Å². The smallest absolute Gasteiger partial charge is 0.251 e. The van der Waals surface area contributed by atoms with Crippen molar-refractivity contribution < 1.29 is 14.3 Å². The Kier molecular flexibility index (Phi) is 6.11. The normalized spacial score (nSPS) is 12.2. The molecule has 0 aliphatic rings. The number of anilines is 1. The van der Waals surface area contributed by atoms with E-state index in [9.17, 15) is 4.79 Å². The Bertz CT molecular complexity index is 412. The highest BCUT2D eigenvalue weighted by Crippen LogP contribution is 2.20. The number of carbonyl (C=O) groups is 1. The number of nitrogens with one attached hydrogen (secondary N) is 1. The number of carbonyl (C=O) groups excluding carboxylic acids is 1. The molecular weight excluding hydrogens is 300 g/mol. The first-order valence-corrected chi connectivity index (χ1v) is 6.22. The summed E-state index contributed by atoms with van der Waals surface area (Å²) in [7, 11) is 3.17. The lowest BCUT2D eigenvalue weighted by Crippen LogP contribution is -2.35. The molecule has 1 aromatic rings. The van der Waals surface area contributed by atoms with Gasteiger partial charge in [-0.25, -0.2) is 0 Å². The summed E-state index contributed by atoms with van der Waals surface area (Å²) in [5.74, 6) is -0.172. The van der Waals surface area contributed by atoms with E-state index in [4.69, 9.17) is 15.2 Å². The molecule has 1 rings (SSSR count). The molecule has 3 N–H and O–H groups in total. The fourth-order valence-corrected chi connectivity index (χ4v) is 1.75. The molecule has 0 bridgehead atoms. The van der Waals surface area contributed by atoms with Crippen molar-refractivity contribution in [1.29, 1.82) is 0 Å². The average Bonchev–Trinajstić information content (AvgIpc) is 2.37. The minimum absolute atomic E-state index is 0.156. The van der Waals surface area contributed by atoms with E-state index in [0.717, 1.165) is 0 Å². The maximum absolute atomic E-state index is 11.9.